The molecule has 0 bridgehead atoms. The van der Waals surface area contributed by atoms with Crippen LogP contribution in [0.25, 0.3) is 0 Å². The Morgan fingerprint density at radius 3 is 2.56 bits per heavy atom. The van der Waals surface area contributed by atoms with Gasteiger partial charge in [0.05, 0.1) is 6.10 Å². The molecule has 4 nitrogen and oxygen atoms in total. The van der Waals surface area contributed by atoms with Gasteiger partial charge in [0.15, 0.2) is 0 Å². The van der Waals surface area contributed by atoms with Gasteiger partial charge in [0, 0.05) is 24.5 Å². The Kier molecular flexibility index (Phi) is 6.09. The molecule has 0 heterocycles. The summed E-state index contributed by atoms with van der Waals surface area (Å²) in [5, 5.41) is 16.2. The summed E-state index contributed by atoms with van der Waals surface area (Å²) in [5.74, 6) is 0.0677. The van der Waals surface area contributed by atoms with Crippen molar-refractivity contribution in [3.05, 3.63) is 0 Å². The van der Waals surface area contributed by atoms with E-state index in [1.807, 2.05) is 20.8 Å². The van der Waals surface area contributed by atoms with E-state index in [-0.39, 0.29) is 23.6 Å². The van der Waals surface area contributed by atoms with Crippen molar-refractivity contribution in [1.29, 1.82) is 0 Å². The summed E-state index contributed by atoms with van der Waals surface area (Å²) in [6.07, 6.45) is 5.61. The van der Waals surface area contributed by atoms with Crippen LogP contribution in [0.1, 0.15) is 59.3 Å². The van der Waals surface area contributed by atoms with E-state index in [2.05, 4.69) is 10.6 Å². The molecule has 0 aromatic carbocycles. The molecule has 0 radical (unpaired) electrons. The maximum absolute atomic E-state index is 11.6. The lowest BCUT2D eigenvalue weighted by atomic mass is 10.1. The number of aliphatic hydroxyl groups is 1. The molecule has 2 atom stereocenters. The van der Waals surface area contributed by atoms with Crippen LogP contribution in [-0.4, -0.2) is 35.2 Å². The van der Waals surface area contributed by atoms with Gasteiger partial charge in [0.2, 0.25) is 5.91 Å². The molecule has 2 unspecified atom stereocenters. The fraction of sp³-hybridized carbons (Fsp3) is 0.929. The first-order valence-corrected chi connectivity index (χ1v) is 7.11. The molecule has 1 saturated carbocycles. The summed E-state index contributed by atoms with van der Waals surface area (Å²) in [6, 6.07) is 0.162. The number of carbonyl (C=O) groups is 1. The van der Waals surface area contributed by atoms with Gasteiger partial charge in [-0.2, -0.15) is 0 Å². The number of hydrogen-bond acceptors (Lipinski definition) is 3. The molecule has 0 aliphatic heterocycles. The lowest BCUT2D eigenvalue weighted by Crippen LogP contribution is -2.44. The standard InChI is InChI=1S/C14H28N2O2/c1-14(2,3)16-13(18)9-10-15-11-7-5-4-6-8-12(11)17/h11-12,15,17H,4-10H2,1-3H3,(H,16,18). The molecule has 1 amide bonds. The van der Waals surface area contributed by atoms with Gasteiger partial charge in [-0.25, -0.2) is 0 Å². The minimum atomic E-state index is -0.252. The molecule has 1 aliphatic carbocycles. The SMILES string of the molecule is CC(C)(C)NC(=O)CCNC1CCCCCC1O. The second-order valence-corrected chi connectivity index (χ2v) is 6.31. The number of hydrogen-bond donors (Lipinski definition) is 3. The van der Waals surface area contributed by atoms with Crippen molar-refractivity contribution in [2.45, 2.75) is 77.0 Å². The van der Waals surface area contributed by atoms with Crippen molar-refractivity contribution < 1.29 is 9.90 Å². The van der Waals surface area contributed by atoms with Crippen LogP contribution in [0.5, 0.6) is 0 Å². The molecule has 106 valence electrons. The zero-order chi connectivity index (χ0) is 13.6. The van der Waals surface area contributed by atoms with Gasteiger partial charge >= 0.3 is 0 Å². The summed E-state index contributed by atoms with van der Waals surface area (Å²) in [7, 11) is 0. The van der Waals surface area contributed by atoms with Gasteiger partial charge in [-0.05, 0) is 33.6 Å². The Morgan fingerprint density at radius 1 is 1.22 bits per heavy atom. The smallest absolute Gasteiger partial charge is 0.221 e. The van der Waals surface area contributed by atoms with Crippen molar-refractivity contribution >= 4 is 5.91 Å². The topological polar surface area (TPSA) is 61.4 Å². The van der Waals surface area contributed by atoms with Crippen molar-refractivity contribution in [3.8, 4) is 0 Å². The lowest BCUT2D eigenvalue weighted by molar-refractivity contribution is -0.122. The van der Waals surface area contributed by atoms with E-state index in [9.17, 15) is 9.90 Å². The summed E-state index contributed by atoms with van der Waals surface area (Å²) >= 11 is 0. The van der Waals surface area contributed by atoms with E-state index in [4.69, 9.17) is 0 Å². The highest BCUT2D eigenvalue weighted by molar-refractivity contribution is 5.76. The Bertz CT molecular complexity index is 261. The highest BCUT2D eigenvalue weighted by atomic mass is 16.3. The number of aliphatic hydroxyl groups excluding tert-OH is 1. The van der Waals surface area contributed by atoms with E-state index in [1.54, 1.807) is 0 Å². The van der Waals surface area contributed by atoms with Gasteiger partial charge in [-0.1, -0.05) is 19.3 Å². The molecule has 0 saturated heterocycles. The predicted octanol–water partition coefficient (Wildman–Crippen LogP) is 1.57. The van der Waals surface area contributed by atoms with E-state index in [0.717, 1.165) is 19.3 Å². The molecule has 0 aromatic rings. The normalized spacial score (nSPS) is 25.6. The number of carbonyl (C=O) groups excluding carboxylic acids is 1. The largest absolute Gasteiger partial charge is 0.392 e. The molecule has 1 aliphatic rings. The van der Waals surface area contributed by atoms with Crippen molar-refractivity contribution in [2.75, 3.05) is 6.54 Å². The third-order valence-electron chi connectivity index (χ3n) is 3.25. The molecule has 0 spiro atoms. The second kappa shape index (κ2) is 7.10. The Labute approximate surface area is 111 Å². The summed E-state index contributed by atoms with van der Waals surface area (Å²) in [5.41, 5.74) is -0.168. The summed E-state index contributed by atoms with van der Waals surface area (Å²) < 4.78 is 0. The zero-order valence-electron chi connectivity index (χ0n) is 12.0. The zero-order valence-corrected chi connectivity index (χ0v) is 12.0. The van der Waals surface area contributed by atoms with Crippen LogP contribution in [0.3, 0.4) is 0 Å². The van der Waals surface area contributed by atoms with Crippen molar-refractivity contribution in [2.24, 2.45) is 0 Å². The quantitative estimate of drug-likeness (QED) is 0.669. The monoisotopic (exact) mass is 256 g/mol. The molecule has 1 rings (SSSR count). The molecule has 3 N–H and O–H groups in total. The van der Waals surface area contributed by atoms with Crippen molar-refractivity contribution in [1.82, 2.24) is 10.6 Å². The van der Waals surface area contributed by atoms with E-state index in [1.165, 1.54) is 12.8 Å². The molecule has 0 aromatic heterocycles. The molecular formula is C14H28N2O2. The molecular weight excluding hydrogens is 228 g/mol. The van der Waals surface area contributed by atoms with Crippen LogP contribution in [0.4, 0.5) is 0 Å². The minimum Gasteiger partial charge on any atom is -0.392 e. The first kappa shape index (κ1) is 15.4. The van der Waals surface area contributed by atoms with Gasteiger partial charge < -0.3 is 15.7 Å². The highest BCUT2D eigenvalue weighted by Gasteiger charge is 2.21. The highest BCUT2D eigenvalue weighted by Crippen LogP contribution is 2.17. The van der Waals surface area contributed by atoms with E-state index >= 15 is 0 Å². The van der Waals surface area contributed by atoms with Gasteiger partial charge in [-0.15, -0.1) is 0 Å². The number of nitrogens with one attached hydrogen (secondary N) is 2. The van der Waals surface area contributed by atoms with Crippen LogP contribution in [0.2, 0.25) is 0 Å². The number of amides is 1. The maximum atomic E-state index is 11.6. The second-order valence-electron chi connectivity index (χ2n) is 6.31. The third-order valence-corrected chi connectivity index (χ3v) is 3.25. The van der Waals surface area contributed by atoms with Gasteiger partial charge in [0.1, 0.15) is 0 Å². The Morgan fingerprint density at radius 2 is 1.89 bits per heavy atom. The molecule has 1 fully saturated rings. The van der Waals surface area contributed by atoms with Gasteiger partial charge in [0.25, 0.3) is 0 Å². The van der Waals surface area contributed by atoms with Crippen LogP contribution in [0, 0.1) is 0 Å². The Balaban J connectivity index is 2.22. The fourth-order valence-corrected chi connectivity index (χ4v) is 2.38. The first-order chi connectivity index (χ1) is 8.38. The van der Waals surface area contributed by atoms with Gasteiger partial charge in [-0.3, -0.25) is 4.79 Å². The van der Waals surface area contributed by atoms with Crippen LogP contribution in [0.15, 0.2) is 0 Å². The summed E-state index contributed by atoms with van der Waals surface area (Å²) in [6.45, 7) is 6.58. The third kappa shape index (κ3) is 6.36. The molecule has 18 heavy (non-hydrogen) atoms. The lowest BCUT2D eigenvalue weighted by Gasteiger charge is -2.23. The van der Waals surface area contributed by atoms with E-state index in [0.29, 0.717) is 13.0 Å². The van der Waals surface area contributed by atoms with Crippen molar-refractivity contribution in [3.63, 3.8) is 0 Å². The van der Waals surface area contributed by atoms with E-state index < -0.39 is 0 Å². The number of rotatable bonds is 4. The predicted molar refractivity (Wildman–Crippen MR) is 73.4 cm³/mol. The summed E-state index contributed by atoms with van der Waals surface area (Å²) in [4.78, 5) is 11.6. The minimum absolute atomic E-state index is 0.0677. The molecule has 4 heteroatoms. The Hall–Kier alpha value is -0.610. The van der Waals surface area contributed by atoms with Crippen LogP contribution in [-0.2, 0) is 4.79 Å². The first-order valence-electron chi connectivity index (χ1n) is 7.11. The van der Waals surface area contributed by atoms with Crippen LogP contribution < -0.4 is 10.6 Å². The fourth-order valence-electron chi connectivity index (χ4n) is 2.38. The maximum Gasteiger partial charge on any atom is 0.221 e. The average Bonchev–Trinajstić information content (AvgIpc) is 2.41. The van der Waals surface area contributed by atoms with Crippen LogP contribution >= 0.6 is 0 Å². The average molecular weight is 256 g/mol.